The zero-order valence-electron chi connectivity index (χ0n) is 5.99. The van der Waals surface area contributed by atoms with Crippen molar-refractivity contribution in [1.29, 1.82) is 0 Å². The molecule has 0 spiro atoms. The predicted octanol–water partition coefficient (Wildman–Crippen LogP) is 2.16. The summed E-state index contributed by atoms with van der Waals surface area (Å²) < 4.78 is 4.27. The molecule has 60 valence electrons. The molecule has 0 aliphatic carbocycles. The van der Waals surface area contributed by atoms with Crippen LogP contribution < -0.4 is 0 Å². The number of hydrogen-bond donors (Lipinski definition) is 0. The van der Waals surface area contributed by atoms with Gasteiger partial charge in [0.2, 0.25) is 0 Å². The average molecular weight is 185 g/mol. The van der Waals surface area contributed by atoms with Gasteiger partial charge in [-0.05, 0) is 6.92 Å². The topological polar surface area (TPSA) is 26.3 Å². The van der Waals surface area contributed by atoms with Crippen LogP contribution in [-0.2, 0) is 9.53 Å². The molecule has 0 bridgehead atoms. The van der Waals surface area contributed by atoms with Crippen LogP contribution in [0.3, 0.4) is 0 Å². The smallest absolute Gasteiger partial charge is 0.332 e. The van der Waals surface area contributed by atoms with E-state index in [2.05, 4.69) is 11.3 Å². The lowest BCUT2D eigenvalue weighted by Gasteiger charge is -1.91. The molecule has 0 radical (unpaired) electrons. The third kappa shape index (κ3) is 10.7. The number of rotatable bonds is 1. The third-order valence-electron chi connectivity index (χ3n) is 0.534. The second-order valence-corrected chi connectivity index (χ2v) is 2.18. The summed E-state index contributed by atoms with van der Waals surface area (Å²) in [4.78, 5) is 10.2. The van der Waals surface area contributed by atoms with E-state index < -0.39 is 0 Å². The van der Waals surface area contributed by atoms with E-state index in [1.165, 1.54) is 7.11 Å². The highest BCUT2D eigenvalue weighted by atomic mass is 35.5. The quantitative estimate of drug-likeness (QED) is 0.355. The molecule has 0 N–H and O–H groups in total. The summed E-state index contributed by atoms with van der Waals surface area (Å²) in [6.45, 7) is 4.95. The van der Waals surface area contributed by atoms with Gasteiger partial charge in [0.25, 0.3) is 0 Å². The molecule has 0 aliphatic heterocycles. The van der Waals surface area contributed by atoms with Gasteiger partial charge in [-0.25, -0.2) is 4.79 Å². The van der Waals surface area contributed by atoms with E-state index in [-0.39, 0.29) is 11.3 Å². The molecule has 0 atom stereocenters. The van der Waals surface area contributed by atoms with Crippen LogP contribution in [0.2, 0.25) is 0 Å². The van der Waals surface area contributed by atoms with Crippen LogP contribution in [0.25, 0.3) is 0 Å². The highest BCUT2D eigenvalue weighted by Crippen LogP contribution is 1.87. The molecular weight excluding hydrogens is 175 g/mol. The van der Waals surface area contributed by atoms with Crippen LogP contribution in [0.15, 0.2) is 12.2 Å². The number of methoxy groups -OCH3 is 1. The van der Waals surface area contributed by atoms with E-state index >= 15 is 0 Å². The Balaban J connectivity index is 0. The minimum Gasteiger partial charge on any atom is -0.466 e. The summed E-state index contributed by atoms with van der Waals surface area (Å²) >= 11 is 9.53. The van der Waals surface area contributed by atoms with Crippen molar-refractivity contribution in [1.82, 2.24) is 0 Å². The van der Waals surface area contributed by atoms with Gasteiger partial charge in [0.1, 0.15) is 0 Å². The maximum atomic E-state index is 10.2. The highest BCUT2D eigenvalue weighted by Gasteiger charge is 1.95. The lowest BCUT2D eigenvalue weighted by molar-refractivity contribution is -0.136. The Bertz CT molecular complexity index is 112. The van der Waals surface area contributed by atoms with Crippen molar-refractivity contribution >= 4 is 29.2 Å². The highest BCUT2D eigenvalue weighted by molar-refractivity contribution is 6.40. The maximum absolute atomic E-state index is 10.2. The number of halogens is 2. The summed E-state index contributed by atoms with van der Waals surface area (Å²) in [7, 11) is 1.33. The molecule has 0 amide bonds. The first-order valence-electron chi connectivity index (χ1n) is 2.45. The molecule has 0 rings (SSSR count). The fourth-order valence-electron chi connectivity index (χ4n) is 0.174. The van der Waals surface area contributed by atoms with Gasteiger partial charge < -0.3 is 4.74 Å². The number of esters is 1. The Labute approximate surface area is 70.8 Å². The fourth-order valence-corrected chi connectivity index (χ4v) is 0.174. The standard InChI is InChI=1S/C5H8O2.CH2Cl2/c1-4(2)5(6)7-3;2-1-3/h1H2,2-3H3;1H2. The van der Waals surface area contributed by atoms with E-state index in [0.29, 0.717) is 5.57 Å². The van der Waals surface area contributed by atoms with Gasteiger partial charge in [-0.2, -0.15) is 0 Å². The SMILES string of the molecule is C=C(C)C(=O)OC.ClCCl. The number of ether oxygens (including phenoxy) is 1. The molecule has 0 aromatic heterocycles. The van der Waals surface area contributed by atoms with Crippen molar-refractivity contribution in [3.8, 4) is 0 Å². The first-order chi connectivity index (χ1) is 4.59. The molecule has 0 fully saturated rings. The van der Waals surface area contributed by atoms with E-state index in [1.54, 1.807) is 6.92 Å². The first kappa shape index (κ1) is 12.5. The van der Waals surface area contributed by atoms with Crippen LogP contribution in [0.4, 0.5) is 0 Å². The van der Waals surface area contributed by atoms with Crippen molar-refractivity contribution in [2.45, 2.75) is 6.92 Å². The van der Waals surface area contributed by atoms with Crippen LogP contribution in [-0.4, -0.2) is 18.4 Å². The number of alkyl halides is 2. The van der Waals surface area contributed by atoms with Crippen molar-refractivity contribution in [3.63, 3.8) is 0 Å². The van der Waals surface area contributed by atoms with Crippen molar-refractivity contribution in [2.24, 2.45) is 0 Å². The van der Waals surface area contributed by atoms with Gasteiger partial charge in [0.15, 0.2) is 0 Å². The minimum absolute atomic E-state index is 0.194. The zero-order chi connectivity index (χ0) is 8.57. The Morgan fingerprint density at radius 1 is 1.60 bits per heavy atom. The number of hydrogen-bond acceptors (Lipinski definition) is 2. The number of carbonyl (C=O) groups excluding carboxylic acids is 1. The molecule has 0 aliphatic rings. The fraction of sp³-hybridized carbons (Fsp3) is 0.500. The van der Waals surface area contributed by atoms with Crippen LogP contribution in [0, 0.1) is 0 Å². The van der Waals surface area contributed by atoms with E-state index in [4.69, 9.17) is 23.2 Å². The Morgan fingerprint density at radius 2 is 1.90 bits per heavy atom. The van der Waals surface area contributed by atoms with Crippen LogP contribution >= 0.6 is 23.2 Å². The molecule has 0 saturated carbocycles. The van der Waals surface area contributed by atoms with Gasteiger partial charge >= 0.3 is 5.97 Å². The molecule has 0 heterocycles. The zero-order valence-corrected chi connectivity index (χ0v) is 7.50. The summed E-state index contributed by atoms with van der Waals surface area (Å²) in [6.07, 6.45) is 0. The molecule has 2 nitrogen and oxygen atoms in total. The van der Waals surface area contributed by atoms with Gasteiger partial charge in [-0.1, -0.05) is 6.58 Å². The first-order valence-corrected chi connectivity index (χ1v) is 3.52. The summed E-state index contributed by atoms with van der Waals surface area (Å²) in [5.74, 6) is -0.347. The third-order valence-corrected chi connectivity index (χ3v) is 0.534. The van der Waals surface area contributed by atoms with Gasteiger partial charge in [-0.3, -0.25) is 0 Å². The van der Waals surface area contributed by atoms with Gasteiger partial charge in [-0.15, -0.1) is 23.2 Å². The van der Waals surface area contributed by atoms with Gasteiger partial charge in [0, 0.05) is 5.57 Å². The molecular formula is C6H10Cl2O2. The van der Waals surface area contributed by atoms with Gasteiger partial charge in [0.05, 0.1) is 12.4 Å². The summed E-state index contributed by atoms with van der Waals surface area (Å²) in [5, 5.41) is 0.194. The lowest BCUT2D eigenvalue weighted by atomic mass is 10.4. The molecule has 0 unspecified atom stereocenters. The monoisotopic (exact) mass is 184 g/mol. The largest absolute Gasteiger partial charge is 0.466 e. The Kier molecular flexibility index (Phi) is 11.0. The summed E-state index contributed by atoms with van der Waals surface area (Å²) in [6, 6.07) is 0. The Morgan fingerprint density at radius 3 is 1.90 bits per heavy atom. The summed E-state index contributed by atoms with van der Waals surface area (Å²) in [5.41, 5.74) is 0.433. The predicted molar refractivity (Wildman–Crippen MR) is 43.4 cm³/mol. The molecule has 10 heavy (non-hydrogen) atoms. The van der Waals surface area contributed by atoms with E-state index in [9.17, 15) is 4.79 Å². The Hall–Kier alpha value is -0.210. The van der Waals surface area contributed by atoms with E-state index in [1.807, 2.05) is 0 Å². The molecule has 0 saturated heterocycles. The lowest BCUT2D eigenvalue weighted by Crippen LogP contribution is -1.98. The van der Waals surface area contributed by atoms with Crippen LogP contribution in [0.1, 0.15) is 6.92 Å². The van der Waals surface area contributed by atoms with Crippen molar-refractivity contribution in [3.05, 3.63) is 12.2 Å². The van der Waals surface area contributed by atoms with Crippen molar-refractivity contribution < 1.29 is 9.53 Å². The average Bonchev–Trinajstić information content (AvgIpc) is 1.88. The van der Waals surface area contributed by atoms with E-state index in [0.717, 1.165) is 0 Å². The molecule has 0 aromatic carbocycles. The minimum atomic E-state index is -0.347. The second-order valence-electron chi connectivity index (χ2n) is 1.37. The second kappa shape index (κ2) is 8.79. The van der Waals surface area contributed by atoms with Crippen molar-refractivity contribution in [2.75, 3.05) is 12.4 Å². The normalized spacial score (nSPS) is 7.20. The maximum Gasteiger partial charge on any atom is 0.332 e. The molecule has 4 heteroatoms. The molecule has 0 aromatic rings. The number of carbonyl (C=O) groups is 1. The van der Waals surface area contributed by atoms with Crippen LogP contribution in [0.5, 0.6) is 0 Å².